The fraction of sp³-hybridized carbons (Fsp3) is 0.222. The number of nitrogens with two attached hydrogens (primary N) is 1. The normalized spacial score (nSPS) is 10.7. The summed E-state index contributed by atoms with van der Waals surface area (Å²) in [7, 11) is 0. The topological polar surface area (TPSA) is 38.9 Å². The maximum Gasteiger partial charge on any atom is 0.124 e. The highest BCUT2D eigenvalue weighted by atomic mass is 14.8. The number of pyridine rings is 1. The first-order valence-corrected chi connectivity index (χ1v) is 3.59. The highest BCUT2D eigenvalue weighted by Gasteiger charge is 1.92. The Morgan fingerprint density at radius 1 is 1.45 bits per heavy atom. The molecule has 0 aliphatic heterocycles. The van der Waals surface area contributed by atoms with Crippen molar-refractivity contribution >= 4 is 11.9 Å². The Labute approximate surface area is 66.8 Å². The molecule has 2 heteroatoms. The molecule has 0 unspecified atom stereocenters. The number of aromatic nitrogens is 1. The van der Waals surface area contributed by atoms with E-state index in [0.717, 1.165) is 11.3 Å². The molecule has 58 valence electrons. The van der Waals surface area contributed by atoms with Crippen molar-refractivity contribution < 1.29 is 0 Å². The van der Waals surface area contributed by atoms with Crippen molar-refractivity contribution in [3.63, 3.8) is 0 Å². The van der Waals surface area contributed by atoms with Crippen LogP contribution in [-0.4, -0.2) is 4.98 Å². The summed E-state index contributed by atoms with van der Waals surface area (Å²) in [5.41, 5.74) is 7.61. The van der Waals surface area contributed by atoms with Crippen molar-refractivity contribution in [3.8, 4) is 0 Å². The molecular weight excluding hydrogens is 136 g/mol. The predicted molar refractivity (Wildman–Crippen MR) is 48.1 cm³/mol. The van der Waals surface area contributed by atoms with Crippen LogP contribution in [0.25, 0.3) is 6.08 Å². The van der Waals surface area contributed by atoms with Crippen molar-refractivity contribution in [2.45, 2.75) is 13.8 Å². The quantitative estimate of drug-likeness (QED) is 0.661. The molecule has 1 heterocycles. The van der Waals surface area contributed by atoms with Gasteiger partial charge in [-0.25, -0.2) is 4.98 Å². The molecule has 1 rings (SSSR count). The zero-order valence-electron chi connectivity index (χ0n) is 6.83. The summed E-state index contributed by atoms with van der Waals surface area (Å²) in [4.78, 5) is 4.11. The largest absolute Gasteiger partial charge is 0.384 e. The predicted octanol–water partition coefficient (Wildman–Crippen LogP) is 2.01. The lowest BCUT2D eigenvalue weighted by Crippen LogP contribution is -1.92. The zero-order valence-corrected chi connectivity index (χ0v) is 6.83. The molecule has 0 saturated carbocycles. The van der Waals surface area contributed by atoms with E-state index in [4.69, 9.17) is 5.73 Å². The van der Waals surface area contributed by atoms with E-state index < -0.39 is 0 Å². The third-order valence-electron chi connectivity index (χ3n) is 1.35. The van der Waals surface area contributed by atoms with E-state index in [0.29, 0.717) is 5.82 Å². The van der Waals surface area contributed by atoms with Gasteiger partial charge in [-0.1, -0.05) is 6.08 Å². The average molecular weight is 148 g/mol. The lowest BCUT2D eigenvalue weighted by Gasteiger charge is -1.97. The van der Waals surface area contributed by atoms with E-state index in [-0.39, 0.29) is 0 Å². The van der Waals surface area contributed by atoms with E-state index in [1.165, 1.54) is 0 Å². The molecular formula is C9H12N2. The number of aryl methyl sites for hydroxylation is 1. The van der Waals surface area contributed by atoms with Crippen molar-refractivity contribution in [1.29, 1.82) is 0 Å². The highest BCUT2D eigenvalue weighted by molar-refractivity contribution is 5.49. The molecule has 0 saturated heterocycles. The van der Waals surface area contributed by atoms with Gasteiger partial charge in [-0.05, 0) is 37.6 Å². The number of rotatable bonds is 1. The van der Waals surface area contributed by atoms with E-state index >= 15 is 0 Å². The molecule has 2 nitrogen and oxygen atoms in total. The summed E-state index contributed by atoms with van der Waals surface area (Å²) < 4.78 is 0. The summed E-state index contributed by atoms with van der Waals surface area (Å²) in [5.74, 6) is 0.582. The molecule has 1 aromatic rings. The first-order chi connectivity index (χ1) is 5.22. The summed E-state index contributed by atoms with van der Waals surface area (Å²) in [6.45, 7) is 3.96. The van der Waals surface area contributed by atoms with Crippen LogP contribution in [0.5, 0.6) is 0 Å². The van der Waals surface area contributed by atoms with Gasteiger partial charge in [-0.2, -0.15) is 0 Å². The number of nitrogen functional groups attached to an aromatic ring is 1. The van der Waals surface area contributed by atoms with Gasteiger partial charge >= 0.3 is 0 Å². The van der Waals surface area contributed by atoms with Crippen molar-refractivity contribution in [2.24, 2.45) is 0 Å². The minimum absolute atomic E-state index is 0.582. The molecule has 0 amide bonds. The Morgan fingerprint density at radius 2 is 2.18 bits per heavy atom. The minimum atomic E-state index is 0.582. The lowest BCUT2D eigenvalue weighted by molar-refractivity contribution is 1.27. The van der Waals surface area contributed by atoms with E-state index in [9.17, 15) is 0 Å². The van der Waals surface area contributed by atoms with Crippen molar-refractivity contribution in [2.75, 3.05) is 5.73 Å². The number of anilines is 1. The van der Waals surface area contributed by atoms with Gasteiger partial charge in [0, 0.05) is 0 Å². The van der Waals surface area contributed by atoms with E-state index in [2.05, 4.69) is 4.98 Å². The second-order valence-electron chi connectivity index (χ2n) is 2.49. The van der Waals surface area contributed by atoms with E-state index in [1.54, 1.807) is 0 Å². The van der Waals surface area contributed by atoms with Gasteiger partial charge in [0.15, 0.2) is 0 Å². The highest BCUT2D eigenvalue weighted by Crippen LogP contribution is 2.07. The minimum Gasteiger partial charge on any atom is -0.384 e. The van der Waals surface area contributed by atoms with Crippen LogP contribution in [0.4, 0.5) is 5.82 Å². The summed E-state index contributed by atoms with van der Waals surface area (Å²) in [6, 6.07) is 3.85. The van der Waals surface area contributed by atoms with Gasteiger partial charge in [-0.15, -0.1) is 0 Å². The third kappa shape index (κ3) is 2.08. The van der Waals surface area contributed by atoms with Gasteiger partial charge in [0.25, 0.3) is 0 Å². The average Bonchev–Trinajstić information content (AvgIpc) is 1.85. The van der Waals surface area contributed by atoms with Gasteiger partial charge in [0.1, 0.15) is 5.82 Å². The monoisotopic (exact) mass is 148 g/mol. The second-order valence-corrected chi connectivity index (χ2v) is 2.49. The first kappa shape index (κ1) is 7.79. The SMILES string of the molecule is C/C=C/c1cc(C)cc(N)n1. The molecule has 2 N–H and O–H groups in total. The van der Waals surface area contributed by atoms with Crippen LogP contribution in [0.1, 0.15) is 18.2 Å². The number of allylic oxidation sites excluding steroid dienone is 1. The van der Waals surface area contributed by atoms with Crippen LogP contribution in [-0.2, 0) is 0 Å². The number of hydrogen-bond acceptors (Lipinski definition) is 2. The maximum atomic E-state index is 5.54. The lowest BCUT2D eigenvalue weighted by atomic mass is 10.2. The summed E-state index contributed by atoms with van der Waals surface area (Å²) >= 11 is 0. The van der Waals surface area contributed by atoms with Gasteiger partial charge in [-0.3, -0.25) is 0 Å². The number of nitrogens with zero attached hydrogens (tertiary/aromatic N) is 1. The maximum absolute atomic E-state index is 5.54. The van der Waals surface area contributed by atoms with E-state index in [1.807, 2.05) is 38.1 Å². The standard InChI is InChI=1S/C9H12N2/c1-3-4-8-5-7(2)6-9(10)11-8/h3-6H,1-2H3,(H2,10,11)/b4-3+. The van der Waals surface area contributed by atoms with Crippen LogP contribution >= 0.6 is 0 Å². The Bertz CT molecular complexity index is 257. The molecule has 0 aliphatic carbocycles. The number of hydrogen-bond donors (Lipinski definition) is 1. The molecule has 0 spiro atoms. The second kappa shape index (κ2) is 3.19. The third-order valence-corrected chi connectivity index (χ3v) is 1.35. The van der Waals surface area contributed by atoms with Crippen LogP contribution in [0.3, 0.4) is 0 Å². The molecule has 0 aliphatic rings. The Balaban J connectivity index is 3.08. The molecule has 0 aromatic carbocycles. The Hall–Kier alpha value is -1.31. The molecule has 0 bridgehead atoms. The van der Waals surface area contributed by atoms with Crippen LogP contribution in [0.15, 0.2) is 18.2 Å². The molecule has 0 fully saturated rings. The summed E-state index contributed by atoms with van der Waals surface area (Å²) in [6.07, 6.45) is 3.88. The van der Waals surface area contributed by atoms with Crippen molar-refractivity contribution in [3.05, 3.63) is 29.5 Å². The smallest absolute Gasteiger partial charge is 0.124 e. The molecule has 1 aromatic heterocycles. The summed E-state index contributed by atoms with van der Waals surface area (Å²) in [5, 5.41) is 0. The molecule has 0 radical (unpaired) electrons. The van der Waals surface area contributed by atoms with Gasteiger partial charge in [0.05, 0.1) is 5.69 Å². The molecule has 11 heavy (non-hydrogen) atoms. The van der Waals surface area contributed by atoms with Gasteiger partial charge in [0.2, 0.25) is 0 Å². The van der Waals surface area contributed by atoms with Crippen LogP contribution in [0, 0.1) is 6.92 Å². The first-order valence-electron chi connectivity index (χ1n) is 3.59. The fourth-order valence-corrected chi connectivity index (χ4v) is 0.978. The fourth-order valence-electron chi connectivity index (χ4n) is 0.978. The van der Waals surface area contributed by atoms with Crippen LogP contribution < -0.4 is 5.73 Å². The zero-order chi connectivity index (χ0) is 8.27. The van der Waals surface area contributed by atoms with Crippen LogP contribution in [0.2, 0.25) is 0 Å². The Kier molecular flexibility index (Phi) is 2.26. The molecule has 0 atom stereocenters. The Morgan fingerprint density at radius 3 is 2.73 bits per heavy atom. The van der Waals surface area contributed by atoms with Crippen molar-refractivity contribution in [1.82, 2.24) is 4.98 Å². The van der Waals surface area contributed by atoms with Gasteiger partial charge < -0.3 is 5.73 Å².